The molecule has 1 fully saturated rings. The number of carbonyl (C=O) groups is 1. The molecule has 0 saturated carbocycles. The first-order valence-electron chi connectivity index (χ1n) is 3.48. The highest BCUT2D eigenvalue weighted by Gasteiger charge is 2.08. The third kappa shape index (κ3) is 3.43. The highest BCUT2D eigenvalue weighted by molar-refractivity contribution is 7.99. The summed E-state index contributed by atoms with van der Waals surface area (Å²) in [5.41, 5.74) is 0. The van der Waals surface area contributed by atoms with Crippen molar-refractivity contribution in [2.24, 2.45) is 0 Å². The lowest BCUT2D eigenvalue weighted by Gasteiger charge is -2.08. The minimum atomic E-state index is -0.864. The first-order chi connectivity index (χ1) is 5.29. The summed E-state index contributed by atoms with van der Waals surface area (Å²) in [5.74, 6) is 1.34. The third-order valence-electron chi connectivity index (χ3n) is 1.45. The Bertz CT molecular complexity index is 164. The van der Waals surface area contributed by atoms with Gasteiger partial charge in [0.1, 0.15) is 0 Å². The molecule has 0 atom stereocenters. The predicted molar refractivity (Wildman–Crippen MR) is 45.7 cm³/mol. The van der Waals surface area contributed by atoms with E-state index >= 15 is 0 Å². The van der Waals surface area contributed by atoms with E-state index in [1.54, 1.807) is 6.08 Å². The second kappa shape index (κ2) is 4.41. The molecule has 3 nitrogen and oxygen atoms in total. The number of thioether (sulfide) groups is 1. The number of rotatable bonds is 3. The van der Waals surface area contributed by atoms with Gasteiger partial charge in [-0.1, -0.05) is 6.08 Å². The molecule has 1 saturated heterocycles. The van der Waals surface area contributed by atoms with E-state index in [0.29, 0.717) is 0 Å². The number of hydrogen-bond donors (Lipinski definition) is 1. The summed E-state index contributed by atoms with van der Waals surface area (Å²) in [6.45, 7) is 1.84. The number of carboxylic acid groups (broad SMARTS) is 1. The molecule has 0 amide bonds. The zero-order chi connectivity index (χ0) is 8.10. The first-order valence-corrected chi connectivity index (χ1v) is 4.64. The van der Waals surface area contributed by atoms with Crippen LogP contribution in [0.1, 0.15) is 0 Å². The van der Waals surface area contributed by atoms with Crippen LogP contribution in [0, 0.1) is 0 Å². The summed E-state index contributed by atoms with van der Waals surface area (Å²) in [5, 5.41) is 8.28. The molecular weight excluding hydrogens is 162 g/mol. The van der Waals surface area contributed by atoms with Gasteiger partial charge in [-0.05, 0) is 0 Å². The van der Waals surface area contributed by atoms with Crippen LogP contribution in [0.2, 0.25) is 0 Å². The van der Waals surface area contributed by atoms with E-state index in [0.717, 1.165) is 19.0 Å². The number of aliphatic carboxylic acids is 1. The molecule has 0 aliphatic carbocycles. The molecule has 0 radical (unpaired) electrons. The second-order valence-corrected chi connectivity index (χ2v) is 3.43. The van der Waals surface area contributed by atoms with Gasteiger partial charge in [0.05, 0.1) is 0 Å². The normalized spacial score (nSPS) is 19.6. The molecular formula is C7H11NO2S. The van der Waals surface area contributed by atoms with E-state index in [9.17, 15) is 4.79 Å². The van der Waals surface area contributed by atoms with Gasteiger partial charge in [-0.2, -0.15) is 0 Å². The predicted octanol–water partition coefficient (Wildman–Crippen LogP) is 0.633. The van der Waals surface area contributed by atoms with Gasteiger partial charge < -0.3 is 5.11 Å². The van der Waals surface area contributed by atoms with Gasteiger partial charge in [-0.3, -0.25) is 4.90 Å². The van der Waals surface area contributed by atoms with Gasteiger partial charge in [0.2, 0.25) is 0 Å². The molecule has 1 aliphatic heterocycles. The molecule has 1 rings (SSSR count). The van der Waals surface area contributed by atoms with Gasteiger partial charge in [0.25, 0.3) is 0 Å². The third-order valence-corrected chi connectivity index (χ3v) is 2.47. The van der Waals surface area contributed by atoms with Crippen LogP contribution < -0.4 is 0 Å². The fourth-order valence-electron chi connectivity index (χ4n) is 0.898. The smallest absolute Gasteiger partial charge is 0.328 e. The SMILES string of the molecule is O=C(O)C=CCN1CCSC1. The van der Waals surface area contributed by atoms with Gasteiger partial charge in [0.15, 0.2) is 0 Å². The Morgan fingerprint density at radius 2 is 2.55 bits per heavy atom. The van der Waals surface area contributed by atoms with Crippen LogP contribution in [-0.2, 0) is 4.79 Å². The molecule has 0 aromatic heterocycles. The highest BCUT2D eigenvalue weighted by atomic mass is 32.2. The van der Waals surface area contributed by atoms with Crippen LogP contribution in [-0.4, -0.2) is 40.7 Å². The molecule has 0 bridgehead atoms. The van der Waals surface area contributed by atoms with Crippen molar-refractivity contribution in [2.45, 2.75) is 0 Å². The Morgan fingerprint density at radius 3 is 3.09 bits per heavy atom. The fraction of sp³-hybridized carbons (Fsp3) is 0.571. The molecule has 1 heterocycles. The summed E-state index contributed by atoms with van der Waals surface area (Å²) in [4.78, 5) is 12.3. The van der Waals surface area contributed by atoms with Crippen molar-refractivity contribution in [3.63, 3.8) is 0 Å². The minimum absolute atomic E-state index is 0.763. The topological polar surface area (TPSA) is 40.5 Å². The fourth-order valence-corrected chi connectivity index (χ4v) is 1.91. The van der Waals surface area contributed by atoms with E-state index in [1.807, 2.05) is 11.8 Å². The Morgan fingerprint density at radius 1 is 1.73 bits per heavy atom. The van der Waals surface area contributed by atoms with Gasteiger partial charge in [-0.15, -0.1) is 11.8 Å². The average Bonchev–Trinajstić information content (AvgIpc) is 2.39. The van der Waals surface area contributed by atoms with Crippen LogP contribution >= 0.6 is 11.8 Å². The van der Waals surface area contributed by atoms with Crippen molar-refractivity contribution in [3.05, 3.63) is 12.2 Å². The van der Waals surface area contributed by atoms with Crippen LogP contribution in [0.5, 0.6) is 0 Å². The molecule has 0 aromatic rings. The van der Waals surface area contributed by atoms with Crippen LogP contribution in [0.4, 0.5) is 0 Å². The Labute approximate surface area is 70.1 Å². The second-order valence-electron chi connectivity index (χ2n) is 2.35. The Hall–Kier alpha value is -0.480. The zero-order valence-corrected chi connectivity index (χ0v) is 7.01. The van der Waals surface area contributed by atoms with Gasteiger partial charge in [-0.25, -0.2) is 4.79 Å². The molecule has 0 spiro atoms. The monoisotopic (exact) mass is 173 g/mol. The lowest BCUT2D eigenvalue weighted by molar-refractivity contribution is -0.131. The Kier molecular flexibility index (Phi) is 3.45. The molecule has 0 aromatic carbocycles. The quantitative estimate of drug-likeness (QED) is 0.636. The highest BCUT2D eigenvalue weighted by Crippen LogP contribution is 2.12. The Balaban J connectivity index is 2.15. The van der Waals surface area contributed by atoms with Crippen LogP contribution in [0.3, 0.4) is 0 Å². The zero-order valence-electron chi connectivity index (χ0n) is 6.19. The van der Waals surface area contributed by atoms with E-state index in [2.05, 4.69) is 4.90 Å². The lowest BCUT2D eigenvalue weighted by atomic mass is 10.4. The average molecular weight is 173 g/mol. The minimum Gasteiger partial charge on any atom is -0.478 e. The van der Waals surface area contributed by atoms with Crippen molar-refractivity contribution >= 4 is 17.7 Å². The van der Waals surface area contributed by atoms with E-state index in [1.165, 1.54) is 11.8 Å². The summed E-state index contributed by atoms with van der Waals surface area (Å²) >= 11 is 1.89. The standard InChI is InChI=1S/C7H11NO2S/c9-7(10)2-1-3-8-4-5-11-6-8/h1-2H,3-6H2,(H,9,10). The number of hydrogen-bond acceptors (Lipinski definition) is 3. The maximum atomic E-state index is 10.1. The number of nitrogens with zero attached hydrogens (tertiary/aromatic N) is 1. The summed E-state index contributed by atoms with van der Waals surface area (Å²) in [6.07, 6.45) is 2.89. The molecule has 1 N–H and O–H groups in total. The lowest BCUT2D eigenvalue weighted by Crippen LogP contribution is -2.19. The molecule has 1 aliphatic rings. The van der Waals surface area contributed by atoms with Crippen LogP contribution in [0.25, 0.3) is 0 Å². The van der Waals surface area contributed by atoms with Gasteiger partial charge >= 0.3 is 5.97 Å². The summed E-state index contributed by atoms with van der Waals surface area (Å²) in [7, 11) is 0. The van der Waals surface area contributed by atoms with E-state index in [-0.39, 0.29) is 0 Å². The first kappa shape index (κ1) is 8.62. The van der Waals surface area contributed by atoms with Crippen LogP contribution in [0.15, 0.2) is 12.2 Å². The molecule has 0 unspecified atom stereocenters. The van der Waals surface area contributed by atoms with E-state index in [4.69, 9.17) is 5.11 Å². The van der Waals surface area contributed by atoms with Crippen molar-refractivity contribution < 1.29 is 9.90 Å². The van der Waals surface area contributed by atoms with Crippen molar-refractivity contribution in [2.75, 3.05) is 24.7 Å². The molecule has 11 heavy (non-hydrogen) atoms. The maximum absolute atomic E-state index is 10.1. The summed E-state index contributed by atoms with van der Waals surface area (Å²) in [6, 6.07) is 0. The molecule has 4 heteroatoms. The summed E-state index contributed by atoms with van der Waals surface area (Å²) < 4.78 is 0. The van der Waals surface area contributed by atoms with Crippen molar-refractivity contribution in [1.82, 2.24) is 4.90 Å². The number of carboxylic acids is 1. The van der Waals surface area contributed by atoms with Gasteiger partial charge in [0, 0.05) is 30.8 Å². The van der Waals surface area contributed by atoms with Crippen molar-refractivity contribution in [3.8, 4) is 0 Å². The van der Waals surface area contributed by atoms with E-state index < -0.39 is 5.97 Å². The largest absolute Gasteiger partial charge is 0.478 e. The molecule has 62 valence electrons. The van der Waals surface area contributed by atoms with Crippen molar-refractivity contribution in [1.29, 1.82) is 0 Å². The maximum Gasteiger partial charge on any atom is 0.328 e.